The minimum absolute atomic E-state index is 0.0781. The molecule has 0 bridgehead atoms. The Morgan fingerprint density at radius 2 is 1.96 bits per heavy atom. The second-order valence-corrected chi connectivity index (χ2v) is 8.72. The van der Waals surface area contributed by atoms with E-state index in [1.54, 1.807) is 0 Å². The van der Waals surface area contributed by atoms with Crippen molar-refractivity contribution < 1.29 is 14.3 Å². The van der Waals surface area contributed by atoms with Gasteiger partial charge in [0, 0.05) is 45.9 Å². The average Bonchev–Trinajstić information content (AvgIpc) is 3.17. The van der Waals surface area contributed by atoms with Gasteiger partial charge in [-0.05, 0) is 49.6 Å². The van der Waals surface area contributed by atoms with E-state index in [1.807, 2.05) is 35.2 Å². The third kappa shape index (κ3) is 2.91. The van der Waals surface area contributed by atoms with Crippen LogP contribution in [0.5, 0.6) is 0 Å². The van der Waals surface area contributed by atoms with Crippen LogP contribution in [0.1, 0.15) is 40.9 Å². The minimum Gasteiger partial charge on any atom is -0.381 e. The van der Waals surface area contributed by atoms with Crippen LogP contribution in [-0.2, 0) is 4.74 Å². The number of nitrogens with zero attached hydrogens (tertiary/aromatic N) is 3. The molecule has 3 amide bonds. The molecule has 0 aromatic carbocycles. The molecule has 0 saturated carbocycles. The van der Waals surface area contributed by atoms with Gasteiger partial charge >= 0.3 is 6.03 Å². The third-order valence-electron chi connectivity index (χ3n) is 6.17. The molecule has 4 heterocycles. The Morgan fingerprint density at radius 1 is 1.27 bits per heavy atom. The molecule has 3 saturated heterocycles. The highest BCUT2D eigenvalue weighted by Crippen LogP contribution is 2.38. The molecule has 1 spiro atoms. The number of thiophene rings is 1. The maximum Gasteiger partial charge on any atom is 0.320 e. The molecule has 4 rings (SSSR count). The predicted octanol–water partition coefficient (Wildman–Crippen LogP) is 2.58. The van der Waals surface area contributed by atoms with Crippen LogP contribution in [0.4, 0.5) is 4.79 Å². The first-order chi connectivity index (χ1) is 12.5. The van der Waals surface area contributed by atoms with Gasteiger partial charge in [0.15, 0.2) is 0 Å². The molecule has 3 aliphatic heterocycles. The third-order valence-corrected chi connectivity index (χ3v) is 7.18. The van der Waals surface area contributed by atoms with E-state index in [1.165, 1.54) is 11.3 Å². The minimum atomic E-state index is -0.0781. The number of urea groups is 1. The van der Waals surface area contributed by atoms with E-state index in [0.29, 0.717) is 0 Å². The molecular formula is C19H27N3O3S. The molecule has 7 heteroatoms. The average molecular weight is 378 g/mol. The van der Waals surface area contributed by atoms with E-state index >= 15 is 0 Å². The van der Waals surface area contributed by atoms with Crippen molar-refractivity contribution in [1.82, 2.24) is 14.7 Å². The molecular weight excluding hydrogens is 350 g/mol. The van der Waals surface area contributed by atoms with Gasteiger partial charge in [-0.2, -0.15) is 0 Å². The van der Waals surface area contributed by atoms with E-state index < -0.39 is 0 Å². The van der Waals surface area contributed by atoms with Crippen molar-refractivity contribution in [3.63, 3.8) is 0 Å². The normalized spacial score (nSPS) is 23.9. The number of likely N-dealkylation sites (N-methyl/N-ethyl adjacent to an activating group) is 1. The molecule has 142 valence electrons. The number of carbonyl (C=O) groups excluding carboxylic acids is 2. The van der Waals surface area contributed by atoms with Gasteiger partial charge < -0.3 is 19.4 Å². The van der Waals surface area contributed by atoms with Crippen LogP contribution in [0.3, 0.4) is 0 Å². The first kappa shape index (κ1) is 17.8. The number of hydrogen-bond donors (Lipinski definition) is 0. The van der Waals surface area contributed by atoms with Crippen molar-refractivity contribution in [3.05, 3.63) is 21.9 Å². The summed E-state index contributed by atoms with van der Waals surface area (Å²) in [6, 6.07) is 2.36. The summed E-state index contributed by atoms with van der Waals surface area (Å²) in [6.07, 6.45) is 3.55. The van der Waals surface area contributed by atoms with Crippen LogP contribution in [0, 0.1) is 6.92 Å². The molecule has 3 aliphatic rings. The number of carbonyl (C=O) groups is 2. The lowest BCUT2D eigenvalue weighted by atomic mass is 9.86. The zero-order chi connectivity index (χ0) is 18.3. The molecule has 0 aliphatic carbocycles. The summed E-state index contributed by atoms with van der Waals surface area (Å²) in [6.45, 7) is 5.69. The van der Waals surface area contributed by atoms with Gasteiger partial charge in [-0.25, -0.2) is 4.79 Å². The monoisotopic (exact) mass is 377 g/mol. The van der Waals surface area contributed by atoms with Crippen LogP contribution in [-0.4, -0.2) is 78.1 Å². The van der Waals surface area contributed by atoms with Crippen molar-refractivity contribution >= 4 is 23.3 Å². The fourth-order valence-electron chi connectivity index (χ4n) is 4.73. The van der Waals surface area contributed by atoms with Gasteiger partial charge in [0.05, 0.1) is 10.4 Å². The molecule has 1 aromatic heterocycles. The largest absolute Gasteiger partial charge is 0.381 e. The fourth-order valence-corrected chi connectivity index (χ4v) is 5.62. The highest BCUT2D eigenvalue weighted by atomic mass is 32.1. The Morgan fingerprint density at radius 3 is 2.58 bits per heavy atom. The molecule has 6 nitrogen and oxygen atoms in total. The lowest BCUT2D eigenvalue weighted by Crippen LogP contribution is -2.57. The first-order valence-corrected chi connectivity index (χ1v) is 10.4. The lowest BCUT2D eigenvalue weighted by molar-refractivity contribution is -0.0150. The summed E-state index contributed by atoms with van der Waals surface area (Å²) in [5, 5.41) is 1.98. The number of aryl methyl sites for hydroxylation is 1. The number of amides is 3. The van der Waals surface area contributed by atoms with Gasteiger partial charge in [-0.15, -0.1) is 11.3 Å². The second kappa shape index (κ2) is 6.85. The van der Waals surface area contributed by atoms with Crippen molar-refractivity contribution in [3.8, 4) is 0 Å². The number of rotatable bonds is 2. The van der Waals surface area contributed by atoms with E-state index in [9.17, 15) is 9.59 Å². The van der Waals surface area contributed by atoms with Gasteiger partial charge in [-0.3, -0.25) is 4.79 Å². The number of ether oxygens (including phenoxy) is 1. The maximum absolute atomic E-state index is 12.9. The smallest absolute Gasteiger partial charge is 0.320 e. The van der Waals surface area contributed by atoms with E-state index in [4.69, 9.17) is 4.74 Å². The fraction of sp³-hybridized carbons (Fsp3) is 0.684. The number of hydrogen-bond acceptors (Lipinski definition) is 4. The quantitative estimate of drug-likeness (QED) is 0.796. The van der Waals surface area contributed by atoms with Crippen LogP contribution < -0.4 is 0 Å². The Hall–Kier alpha value is -1.60. The topological polar surface area (TPSA) is 53.1 Å². The van der Waals surface area contributed by atoms with Crippen molar-refractivity contribution in [2.24, 2.45) is 0 Å². The summed E-state index contributed by atoms with van der Waals surface area (Å²) in [5.41, 5.74) is 0.977. The maximum atomic E-state index is 12.9. The number of piperidine rings is 1. The van der Waals surface area contributed by atoms with Gasteiger partial charge in [0.25, 0.3) is 5.91 Å². The summed E-state index contributed by atoms with van der Waals surface area (Å²) in [7, 11) is 1.90. The molecule has 0 atom stereocenters. The van der Waals surface area contributed by atoms with Crippen LogP contribution >= 0.6 is 11.3 Å². The SMILES string of the molecule is Cc1ccsc1C(=O)N1CCC(N2C(=O)N(C)CC23CCOCC3)CC1. The highest BCUT2D eigenvalue weighted by molar-refractivity contribution is 7.12. The van der Waals surface area contributed by atoms with E-state index in [-0.39, 0.29) is 23.5 Å². The van der Waals surface area contributed by atoms with Crippen molar-refractivity contribution in [2.45, 2.75) is 44.2 Å². The Balaban J connectivity index is 1.46. The van der Waals surface area contributed by atoms with Crippen LogP contribution in [0.25, 0.3) is 0 Å². The zero-order valence-electron chi connectivity index (χ0n) is 15.6. The Labute approximate surface area is 158 Å². The van der Waals surface area contributed by atoms with Crippen molar-refractivity contribution in [2.75, 3.05) is 39.9 Å². The summed E-state index contributed by atoms with van der Waals surface area (Å²) in [5.74, 6) is 0.140. The molecule has 0 unspecified atom stereocenters. The van der Waals surface area contributed by atoms with Gasteiger partial charge in [0.1, 0.15) is 0 Å². The zero-order valence-corrected chi connectivity index (χ0v) is 16.4. The van der Waals surface area contributed by atoms with Crippen LogP contribution in [0.15, 0.2) is 11.4 Å². The second-order valence-electron chi connectivity index (χ2n) is 7.80. The Kier molecular flexibility index (Phi) is 4.69. The first-order valence-electron chi connectivity index (χ1n) is 9.47. The van der Waals surface area contributed by atoms with E-state index in [2.05, 4.69) is 4.90 Å². The molecule has 26 heavy (non-hydrogen) atoms. The summed E-state index contributed by atoms with van der Waals surface area (Å²) in [4.78, 5) is 32.4. The molecule has 0 radical (unpaired) electrons. The van der Waals surface area contributed by atoms with Gasteiger partial charge in [0.2, 0.25) is 0 Å². The highest BCUT2D eigenvalue weighted by Gasteiger charge is 2.52. The van der Waals surface area contributed by atoms with E-state index in [0.717, 1.165) is 69.0 Å². The molecule has 1 aromatic rings. The van der Waals surface area contributed by atoms with Crippen LogP contribution in [0.2, 0.25) is 0 Å². The molecule has 3 fully saturated rings. The summed E-state index contributed by atoms with van der Waals surface area (Å²) >= 11 is 1.52. The standard InChI is InChI=1S/C19H27N3O3S/c1-14-5-12-26-16(14)17(23)21-8-3-15(4-9-21)22-18(24)20(2)13-19(22)6-10-25-11-7-19/h5,12,15H,3-4,6-11,13H2,1-2H3. The number of likely N-dealkylation sites (tertiary alicyclic amines) is 1. The summed E-state index contributed by atoms with van der Waals surface area (Å²) < 4.78 is 5.56. The lowest BCUT2D eigenvalue weighted by Gasteiger charge is -2.46. The molecule has 0 N–H and O–H groups in total. The van der Waals surface area contributed by atoms with Gasteiger partial charge in [-0.1, -0.05) is 0 Å². The van der Waals surface area contributed by atoms with Crippen molar-refractivity contribution in [1.29, 1.82) is 0 Å². The Bertz CT molecular complexity index is 690. The predicted molar refractivity (Wildman–Crippen MR) is 101 cm³/mol.